The maximum atomic E-state index is 8.02. The molecule has 4 atom stereocenters. The molecule has 0 fully saturated rings. The molecule has 12 N–H and O–H groups in total. The molecule has 0 aromatic rings. The summed E-state index contributed by atoms with van der Waals surface area (Å²) in [6.45, 7) is 12.7. The van der Waals surface area contributed by atoms with Crippen molar-refractivity contribution in [2.75, 3.05) is 0 Å². The Morgan fingerprint density at radius 3 is 0.571 bits per heavy atom. The second-order valence-electron chi connectivity index (χ2n) is 2.91. The molecule has 0 aliphatic carbocycles. The molecule has 4 unspecified atom stereocenters. The predicted octanol–water partition coefficient (Wildman–Crippen LogP) is -2.20. The van der Waals surface area contributed by atoms with Crippen LogP contribution in [0, 0.1) is 0 Å². The summed E-state index contributed by atoms with van der Waals surface area (Å²) in [7, 11) is 0. The zero-order valence-corrected chi connectivity index (χ0v) is 13.6. The van der Waals surface area contributed by atoms with Gasteiger partial charge in [0.1, 0.15) is 24.9 Å². The summed E-state index contributed by atoms with van der Waals surface area (Å²) in [5.74, 6) is 0. The summed E-state index contributed by atoms with van der Waals surface area (Å²) in [5, 5.41) is 32.1. The number of hydrogen-bond donors (Lipinski definition) is 8. The van der Waals surface area contributed by atoms with E-state index in [4.69, 9.17) is 43.4 Å². The van der Waals surface area contributed by atoms with Crippen molar-refractivity contribution in [3.63, 3.8) is 0 Å². The van der Waals surface area contributed by atoms with Crippen LogP contribution in [0.1, 0.15) is 0 Å². The van der Waals surface area contributed by atoms with Gasteiger partial charge in [0, 0.05) is 21.7 Å². The van der Waals surface area contributed by atoms with Gasteiger partial charge in [-0.15, -0.1) is 0 Å². The largest absolute Gasteiger partial charge is 0.375 e. The minimum absolute atomic E-state index is 0. The van der Waals surface area contributed by atoms with E-state index in [1.165, 1.54) is 24.3 Å². The van der Waals surface area contributed by atoms with Crippen molar-refractivity contribution in [2.24, 2.45) is 22.9 Å². The zero-order valence-electron chi connectivity index (χ0n) is 12.0. The van der Waals surface area contributed by atoms with E-state index in [-0.39, 0.29) is 21.7 Å². The van der Waals surface area contributed by atoms with Gasteiger partial charge in [-0.3, -0.25) is 0 Å². The van der Waals surface area contributed by atoms with E-state index in [0.717, 1.165) is 0 Å². The minimum Gasteiger partial charge on any atom is -0.375 e. The molecule has 0 amide bonds. The molecule has 0 aliphatic rings. The van der Waals surface area contributed by atoms with Crippen molar-refractivity contribution < 1.29 is 42.1 Å². The fraction of sp³-hybridized carbons (Fsp3) is 0.333. The van der Waals surface area contributed by atoms with Crippen LogP contribution >= 0.6 is 0 Å². The Kier molecular flexibility index (Phi) is 42.6. The molecule has 0 aliphatic heterocycles. The molecule has 124 valence electrons. The maximum Gasteiger partial charge on any atom is 0.121 e. The third-order valence-corrected chi connectivity index (χ3v) is 0.966. The van der Waals surface area contributed by atoms with Gasteiger partial charge in [0.15, 0.2) is 0 Å². The summed E-state index contributed by atoms with van der Waals surface area (Å²) in [4.78, 5) is 0. The van der Waals surface area contributed by atoms with Crippen LogP contribution in [0.4, 0.5) is 0 Å². The molecule has 0 saturated heterocycles. The van der Waals surface area contributed by atoms with Gasteiger partial charge < -0.3 is 43.4 Å². The smallest absolute Gasteiger partial charge is 0.121 e. The van der Waals surface area contributed by atoms with Crippen LogP contribution in [0.3, 0.4) is 0 Å². The first-order chi connectivity index (χ1) is 9.08. The van der Waals surface area contributed by atoms with Crippen LogP contribution in [0.15, 0.2) is 50.6 Å². The zero-order chi connectivity index (χ0) is 17.1. The van der Waals surface area contributed by atoms with Gasteiger partial charge in [-0.05, 0) is 24.3 Å². The fourth-order valence-electron chi connectivity index (χ4n) is 0. The normalized spacial score (nSPS) is 13.3. The summed E-state index contributed by atoms with van der Waals surface area (Å²) in [5.41, 5.74) is 18.9. The Labute approximate surface area is 141 Å². The van der Waals surface area contributed by atoms with Gasteiger partial charge in [-0.1, -0.05) is 26.3 Å². The summed E-state index contributed by atoms with van der Waals surface area (Å²) in [6.07, 6.45) is 1.59. The summed E-state index contributed by atoms with van der Waals surface area (Å²) < 4.78 is 0. The van der Waals surface area contributed by atoms with Gasteiger partial charge in [0.05, 0.1) is 0 Å². The van der Waals surface area contributed by atoms with E-state index < -0.39 is 24.9 Å². The quantitative estimate of drug-likeness (QED) is 0.161. The number of hydrogen-bond acceptors (Lipinski definition) is 8. The van der Waals surface area contributed by atoms with Crippen LogP contribution in [0.25, 0.3) is 0 Å². The summed E-state index contributed by atoms with van der Waals surface area (Å²) in [6, 6.07) is 0. The van der Waals surface area contributed by atoms with E-state index >= 15 is 0 Å². The first kappa shape index (κ1) is 32.3. The number of aliphatic hydroxyl groups is 4. The Morgan fingerprint density at radius 2 is 0.571 bits per heavy atom. The molecule has 9 heteroatoms. The first-order valence-corrected chi connectivity index (χ1v) is 5.33. The monoisotopic (exact) mass is 340 g/mol. The molecule has 0 radical (unpaired) electrons. The average molecular weight is 340 g/mol. The molecule has 0 saturated carbocycles. The van der Waals surface area contributed by atoms with Gasteiger partial charge in [-0.25, -0.2) is 0 Å². The van der Waals surface area contributed by atoms with Crippen LogP contribution in [-0.2, 0) is 21.7 Å². The molecular weight excluding hydrogens is 312 g/mol. The third kappa shape index (κ3) is 108. The molecule has 0 spiro atoms. The Balaban J connectivity index is -0.0000000533. The van der Waals surface area contributed by atoms with Crippen LogP contribution in [0.5, 0.6) is 0 Å². The van der Waals surface area contributed by atoms with Gasteiger partial charge >= 0.3 is 0 Å². The van der Waals surface area contributed by atoms with Crippen molar-refractivity contribution in [1.29, 1.82) is 0 Å². The molecule has 21 heavy (non-hydrogen) atoms. The van der Waals surface area contributed by atoms with Crippen molar-refractivity contribution >= 4 is 0 Å². The van der Waals surface area contributed by atoms with Crippen LogP contribution < -0.4 is 22.9 Å². The fourth-order valence-corrected chi connectivity index (χ4v) is 0. The van der Waals surface area contributed by atoms with E-state index in [9.17, 15) is 0 Å². The van der Waals surface area contributed by atoms with Gasteiger partial charge in [0.25, 0.3) is 0 Å². The maximum absolute atomic E-state index is 8.02. The van der Waals surface area contributed by atoms with Crippen LogP contribution in [0.2, 0.25) is 0 Å². The summed E-state index contributed by atoms with van der Waals surface area (Å²) >= 11 is 0. The predicted molar refractivity (Wildman–Crippen MR) is 81.6 cm³/mol. The average Bonchev–Trinajstić information content (AvgIpc) is 2.40. The molecule has 0 aromatic heterocycles. The second kappa shape index (κ2) is 27.7. The van der Waals surface area contributed by atoms with E-state index in [1.807, 2.05) is 0 Å². The van der Waals surface area contributed by atoms with Gasteiger partial charge in [0.2, 0.25) is 0 Å². The Hall–Kier alpha value is -0.646. The molecule has 0 rings (SSSR count). The van der Waals surface area contributed by atoms with E-state index in [2.05, 4.69) is 26.3 Å². The third-order valence-electron chi connectivity index (χ3n) is 0.966. The minimum atomic E-state index is -0.852. The second-order valence-corrected chi connectivity index (χ2v) is 2.91. The van der Waals surface area contributed by atoms with Gasteiger partial charge in [-0.2, -0.15) is 0 Å². The number of rotatable bonds is 4. The molecule has 8 nitrogen and oxygen atoms in total. The van der Waals surface area contributed by atoms with E-state index in [0.29, 0.717) is 0 Å². The standard InChI is InChI=1S/4C3H7NO.Ti/c4*1-2-3(4)5;/h4*2-3,5H,1,4H2;. The van der Waals surface area contributed by atoms with Crippen LogP contribution in [-0.4, -0.2) is 45.3 Å². The first-order valence-electron chi connectivity index (χ1n) is 5.33. The Morgan fingerprint density at radius 1 is 0.524 bits per heavy atom. The van der Waals surface area contributed by atoms with Crippen molar-refractivity contribution in [2.45, 2.75) is 24.9 Å². The number of aliphatic hydroxyl groups excluding tert-OH is 4. The molecular formula is C12H28N4O4Ti. The molecule has 0 heterocycles. The van der Waals surface area contributed by atoms with Crippen molar-refractivity contribution in [3.8, 4) is 0 Å². The molecule has 0 bridgehead atoms. The van der Waals surface area contributed by atoms with E-state index in [1.54, 1.807) is 0 Å². The SMILES string of the molecule is C=CC(N)O.C=CC(N)O.C=CC(N)O.C=CC(N)O.[Ti]. The Bertz CT molecular complexity index is 189. The van der Waals surface area contributed by atoms with Crippen molar-refractivity contribution in [3.05, 3.63) is 50.6 Å². The topological polar surface area (TPSA) is 185 Å². The number of nitrogens with two attached hydrogens (primary N) is 4. The van der Waals surface area contributed by atoms with Crippen molar-refractivity contribution in [1.82, 2.24) is 0 Å². The molecule has 0 aromatic carbocycles.